The lowest BCUT2D eigenvalue weighted by molar-refractivity contribution is 0.0938. The van der Waals surface area contributed by atoms with Gasteiger partial charge in [-0.15, -0.1) is 0 Å². The van der Waals surface area contributed by atoms with E-state index in [-0.39, 0.29) is 5.91 Å². The average molecular weight is 299 g/mol. The molecule has 0 unspecified atom stereocenters. The first kappa shape index (κ1) is 14.9. The topological polar surface area (TPSA) is 63.2 Å². The number of carbonyl (C=O) groups is 1. The van der Waals surface area contributed by atoms with E-state index in [4.69, 9.17) is 9.72 Å². The first-order valence-corrected chi connectivity index (χ1v) is 7.67. The van der Waals surface area contributed by atoms with Crippen LogP contribution in [0.5, 0.6) is 0 Å². The van der Waals surface area contributed by atoms with Gasteiger partial charge in [0.25, 0.3) is 5.91 Å². The molecular formula is C17H21N3O2. The number of nitrogens with zero attached hydrogens (tertiary/aromatic N) is 1. The van der Waals surface area contributed by atoms with Gasteiger partial charge in [-0.25, -0.2) is 0 Å². The highest BCUT2D eigenvalue weighted by atomic mass is 16.5. The fourth-order valence-corrected chi connectivity index (χ4v) is 2.86. The molecule has 1 aromatic carbocycles. The number of methoxy groups -OCH3 is 1. The molecule has 5 nitrogen and oxygen atoms in total. The van der Waals surface area contributed by atoms with Crippen molar-refractivity contribution in [3.8, 4) is 0 Å². The van der Waals surface area contributed by atoms with Crippen LogP contribution in [0.1, 0.15) is 28.4 Å². The summed E-state index contributed by atoms with van der Waals surface area (Å²) in [6.45, 7) is 2.95. The van der Waals surface area contributed by atoms with Gasteiger partial charge in [-0.1, -0.05) is 18.2 Å². The summed E-state index contributed by atoms with van der Waals surface area (Å²) in [7, 11) is 1.62. The summed E-state index contributed by atoms with van der Waals surface area (Å²) < 4.78 is 4.99. The van der Waals surface area contributed by atoms with E-state index in [1.165, 1.54) is 0 Å². The molecule has 22 heavy (non-hydrogen) atoms. The number of amides is 1. The van der Waals surface area contributed by atoms with Crippen molar-refractivity contribution >= 4 is 16.8 Å². The van der Waals surface area contributed by atoms with Crippen LogP contribution in [0.25, 0.3) is 10.9 Å². The van der Waals surface area contributed by atoms with Crippen LogP contribution < -0.4 is 10.6 Å². The minimum atomic E-state index is -0.0668. The molecule has 0 bridgehead atoms. The van der Waals surface area contributed by atoms with Crippen molar-refractivity contribution in [2.24, 2.45) is 0 Å². The monoisotopic (exact) mass is 299 g/mol. The Hall–Kier alpha value is -1.98. The molecule has 2 aromatic rings. The molecule has 0 aliphatic carbocycles. The standard InChI is InChI=1S/C17H21N3O2/c1-22-9-8-19-17(21)14-10-16(12-6-7-18-11-12)20-15-5-3-2-4-13(14)15/h2-5,10,12,18H,6-9,11H2,1H3,(H,19,21)/t12-/m0/s1. The molecule has 1 saturated heterocycles. The van der Waals surface area contributed by atoms with Crippen LogP contribution in [0.15, 0.2) is 30.3 Å². The highest BCUT2D eigenvalue weighted by molar-refractivity contribution is 6.06. The molecular weight excluding hydrogens is 278 g/mol. The van der Waals surface area contributed by atoms with E-state index in [9.17, 15) is 4.79 Å². The van der Waals surface area contributed by atoms with Crippen LogP contribution in [0.4, 0.5) is 0 Å². The molecule has 2 heterocycles. The zero-order chi connectivity index (χ0) is 15.4. The lowest BCUT2D eigenvalue weighted by Crippen LogP contribution is -2.27. The second-order valence-corrected chi connectivity index (χ2v) is 5.55. The molecule has 3 rings (SSSR count). The van der Waals surface area contributed by atoms with Gasteiger partial charge in [-0.3, -0.25) is 9.78 Å². The van der Waals surface area contributed by atoms with E-state index < -0.39 is 0 Å². The third-order valence-electron chi connectivity index (χ3n) is 4.05. The molecule has 5 heteroatoms. The van der Waals surface area contributed by atoms with Gasteiger partial charge >= 0.3 is 0 Å². The van der Waals surface area contributed by atoms with E-state index in [1.54, 1.807) is 7.11 Å². The van der Waals surface area contributed by atoms with Gasteiger partial charge < -0.3 is 15.4 Å². The molecule has 2 N–H and O–H groups in total. The Balaban J connectivity index is 1.96. The lowest BCUT2D eigenvalue weighted by atomic mass is 9.99. The lowest BCUT2D eigenvalue weighted by Gasteiger charge is -2.13. The van der Waals surface area contributed by atoms with Gasteiger partial charge in [0.1, 0.15) is 0 Å². The Bertz CT molecular complexity index is 666. The van der Waals surface area contributed by atoms with Gasteiger partial charge in [0, 0.05) is 37.2 Å². The van der Waals surface area contributed by atoms with Gasteiger partial charge in [-0.2, -0.15) is 0 Å². The summed E-state index contributed by atoms with van der Waals surface area (Å²) in [4.78, 5) is 17.2. The van der Waals surface area contributed by atoms with E-state index in [0.717, 1.165) is 36.1 Å². The van der Waals surface area contributed by atoms with Gasteiger partial charge in [0.15, 0.2) is 0 Å². The summed E-state index contributed by atoms with van der Waals surface area (Å²) >= 11 is 0. The number of carbonyl (C=O) groups excluding carboxylic acids is 1. The van der Waals surface area contributed by atoms with Gasteiger partial charge in [0.2, 0.25) is 0 Å². The fourth-order valence-electron chi connectivity index (χ4n) is 2.86. The maximum Gasteiger partial charge on any atom is 0.252 e. The number of rotatable bonds is 5. The van der Waals surface area contributed by atoms with Crippen LogP contribution in [0.3, 0.4) is 0 Å². The summed E-state index contributed by atoms with van der Waals surface area (Å²) in [5, 5.41) is 7.15. The molecule has 0 radical (unpaired) electrons. The zero-order valence-electron chi connectivity index (χ0n) is 12.8. The zero-order valence-corrected chi connectivity index (χ0v) is 12.8. The van der Waals surface area contributed by atoms with E-state index >= 15 is 0 Å². The number of ether oxygens (including phenoxy) is 1. The Morgan fingerprint density at radius 2 is 2.32 bits per heavy atom. The first-order chi connectivity index (χ1) is 10.8. The largest absolute Gasteiger partial charge is 0.383 e. The highest BCUT2D eigenvalue weighted by Crippen LogP contribution is 2.26. The molecule has 0 saturated carbocycles. The molecule has 0 spiro atoms. The third-order valence-corrected chi connectivity index (χ3v) is 4.05. The van der Waals surface area contributed by atoms with Crippen molar-refractivity contribution in [1.29, 1.82) is 0 Å². The molecule has 1 atom stereocenters. The van der Waals surface area contributed by atoms with Crippen molar-refractivity contribution in [1.82, 2.24) is 15.6 Å². The van der Waals surface area contributed by atoms with Crippen molar-refractivity contribution in [3.05, 3.63) is 41.6 Å². The Kier molecular flexibility index (Phi) is 4.65. The molecule has 1 aliphatic rings. The number of pyridine rings is 1. The highest BCUT2D eigenvalue weighted by Gasteiger charge is 2.21. The molecule has 116 valence electrons. The first-order valence-electron chi connectivity index (χ1n) is 7.67. The maximum absolute atomic E-state index is 12.5. The third kappa shape index (κ3) is 3.10. The second kappa shape index (κ2) is 6.85. The van der Waals surface area contributed by atoms with Crippen LogP contribution in [-0.4, -0.2) is 44.2 Å². The second-order valence-electron chi connectivity index (χ2n) is 5.55. The Morgan fingerprint density at radius 3 is 3.09 bits per heavy atom. The Labute approximate surface area is 130 Å². The van der Waals surface area contributed by atoms with Crippen molar-refractivity contribution < 1.29 is 9.53 Å². The average Bonchev–Trinajstić information content (AvgIpc) is 3.08. The molecule has 1 fully saturated rings. The van der Waals surface area contributed by atoms with Crippen LogP contribution in [0, 0.1) is 0 Å². The summed E-state index contributed by atoms with van der Waals surface area (Å²) in [5.74, 6) is 0.318. The van der Waals surface area contributed by atoms with E-state index in [2.05, 4.69) is 10.6 Å². The number of aromatic nitrogens is 1. The molecule has 1 aromatic heterocycles. The van der Waals surface area contributed by atoms with Gasteiger partial charge in [-0.05, 0) is 25.1 Å². The predicted octanol–water partition coefficient (Wildman–Crippen LogP) is 1.69. The summed E-state index contributed by atoms with van der Waals surface area (Å²) in [6.07, 6.45) is 1.07. The van der Waals surface area contributed by atoms with Gasteiger partial charge in [0.05, 0.1) is 17.7 Å². The van der Waals surface area contributed by atoms with Crippen molar-refractivity contribution in [2.75, 3.05) is 33.4 Å². The quantitative estimate of drug-likeness (QED) is 0.825. The SMILES string of the molecule is COCCNC(=O)c1cc([C@H]2CCNC2)nc2ccccc12. The van der Waals surface area contributed by atoms with Crippen molar-refractivity contribution in [2.45, 2.75) is 12.3 Å². The normalized spacial score (nSPS) is 17.8. The predicted molar refractivity (Wildman–Crippen MR) is 86.2 cm³/mol. The molecule has 1 aliphatic heterocycles. The van der Waals surface area contributed by atoms with Crippen LogP contribution >= 0.6 is 0 Å². The van der Waals surface area contributed by atoms with E-state index in [0.29, 0.717) is 24.6 Å². The summed E-state index contributed by atoms with van der Waals surface area (Å²) in [6, 6.07) is 9.75. The number of nitrogens with one attached hydrogen (secondary N) is 2. The number of hydrogen-bond acceptors (Lipinski definition) is 4. The summed E-state index contributed by atoms with van der Waals surface area (Å²) in [5.41, 5.74) is 2.58. The van der Waals surface area contributed by atoms with Crippen LogP contribution in [-0.2, 0) is 4.74 Å². The fraction of sp³-hybridized carbons (Fsp3) is 0.412. The molecule has 1 amide bonds. The van der Waals surface area contributed by atoms with E-state index in [1.807, 2.05) is 30.3 Å². The number of benzene rings is 1. The minimum Gasteiger partial charge on any atom is -0.383 e. The Morgan fingerprint density at radius 1 is 1.45 bits per heavy atom. The number of hydrogen-bond donors (Lipinski definition) is 2. The van der Waals surface area contributed by atoms with Crippen molar-refractivity contribution in [3.63, 3.8) is 0 Å². The maximum atomic E-state index is 12.5. The smallest absolute Gasteiger partial charge is 0.252 e. The minimum absolute atomic E-state index is 0.0668. The number of fused-ring (bicyclic) bond motifs is 1. The number of para-hydroxylation sites is 1. The van der Waals surface area contributed by atoms with Crippen LogP contribution in [0.2, 0.25) is 0 Å².